The molecule has 2 N–H and O–H groups in total. The molecule has 108 valence electrons. The molecule has 3 rings (SSSR count). The Bertz CT molecular complexity index is 629. The van der Waals surface area contributed by atoms with Crippen molar-refractivity contribution in [3.63, 3.8) is 0 Å². The standard InChI is InChI=1S/C16H23N3S/c1-11-10-20-16-18-12(2)15(19(11)16)8-14(9-17)13-6-4-3-5-7-13/h8,10,13H,3-7,9,17H2,1-2H3/b14-8-. The van der Waals surface area contributed by atoms with Crippen LogP contribution < -0.4 is 5.73 Å². The SMILES string of the molecule is Cc1nc2scc(C)n2c1/C=C(/CN)C1CCCCC1. The van der Waals surface area contributed by atoms with E-state index in [4.69, 9.17) is 5.73 Å². The van der Waals surface area contributed by atoms with E-state index >= 15 is 0 Å². The van der Waals surface area contributed by atoms with E-state index in [-0.39, 0.29) is 0 Å². The van der Waals surface area contributed by atoms with Gasteiger partial charge in [-0.25, -0.2) is 4.98 Å². The zero-order chi connectivity index (χ0) is 14.1. The van der Waals surface area contributed by atoms with E-state index in [0.717, 1.165) is 10.7 Å². The molecule has 0 bridgehead atoms. The maximum Gasteiger partial charge on any atom is 0.194 e. The lowest BCUT2D eigenvalue weighted by molar-refractivity contribution is 0.401. The third kappa shape index (κ3) is 2.42. The molecule has 0 spiro atoms. The Morgan fingerprint density at radius 3 is 2.85 bits per heavy atom. The fraction of sp³-hybridized carbons (Fsp3) is 0.562. The molecule has 1 saturated carbocycles. The summed E-state index contributed by atoms with van der Waals surface area (Å²) in [7, 11) is 0. The molecule has 2 aromatic rings. The van der Waals surface area contributed by atoms with Crippen molar-refractivity contribution in [2.75, 3.05) is 6.54 Å². The zero-order valence-electron chi connectivity index (χ0n) is 12.4. The summed E-state index contributed by atoms with van der Waals surface area (Å²) in [4.78, 5) is 5.75. The highest BCUT2D eigenvalue weighted by molar-refractivity contribution is 7.15. The summed E-state index contributed by atoms with van der Waals surface area (Å²) in [6.45, 7) is 4.91. The quantitative estimate of drug-likeness (QED) is 0.930. The van der Waals surface area contributed by atoms with Crippen molar-refractivity contribution < 1.29 is 0 Å². The Kier molecular flexibility index (Phi) is 3.94. The highest BCUT2D eigenvalue weighted by Gasteiger charge is 2.18. The second-order valence-electron chi connectivity index (χ2n) is 5.84. The molecule has 0 unspecified atom stereocenters. The Morgan fingerprint density at radius 2 is 2.15 bits per heavy atom. The second kappa shape index (κ2) is 5.70. The topological polar surface area (TPSA) is 43.3 Å². The van der Waals surface area contributed by atoms with Gasteiger partial charge in [-0.3, -0.25) is 4.40 Å². The first-order valence-electron chi connectivity index (χ1n) is 7.54. The lowest BCUT2D eigenvalue weighted by Crippen LogP contribution is -2.16. The van der Waals surface area contributed by atoms with E-state index in [1.165, 1.54) is 49.1 Å². The largest absolute Gasteiger partial charge is 0.327 e. The van der Waals surface area contributed by atoms with Gasteiger partial charge in [0.05, 0.1) is 11.4 Å². The number of rotatable bonds is 3. The van der Waals surface area contributed by atoms with Gasteiger partial charge in [0.2, 0.25) is 0 Å². The number of imidazole rings is 1. The number of nitrogens with two attached hydrogens (primary N) is 1. The van der Waals surface area contributed by atoms with Crippen molar-refractivity contribution in [3.05, 3.63) is 28.0 Å². The molecule has 0 radical (unpaired) electrons. The monoisotopic (exact) mass is 289 g/mol. The Labute approximate surface area is 124 Å². The van der Waals surface area contributed by atoms with Gasteiger partial charge < -0.3 is 5.73 Å². The maximum absolute atomic E-state index is 6.03. The van der Waals surface area contributed by atoms with Crippen molar-refractivity contribution in [3.8, 4) is 0 Å². The van der Waals surface area contributed by atoms with Crippen LogP contribution in [0, 0.1) is 19.8 Å². The molecule has 0 saturated heterocycles. The highest BCUT2D eigenvalue weighted by atomic mass is 32.1. The number of hydrogen-bond acceptors (Lipinski definition) is 3. The summed E-state index contributed by atoms with van der Waals surface area (Å²) in [5, 5.41) is 2.17. The van der Waals surface area contributed by atoms with Gasteiger partial charge in [0.1, 0.15) is 0 Å². The average Bonchev–Trinajstić information content (AvgIpc) is 2.97. The lowest BCUT2D eigenvalue weighted by Gasteiger charge is -2.23. The van der Waals surface area contributed by atoms with Gasteiger partial charge in [-0.1, -0.05) is 24.8 Å². The smallest absolute Gasteiger partial charge is 0.194 e. The van der Waals surface area contributed by atoms with Crippen LogP contribution in [0.3, 0.4) is 0 Å². The molecular weight excluding hydrogens is 266 g/mol. The van der Waals surface area contributed by atoms with Crippen molar-refractivity contribution in [2.45, 2.75) is 46.0 Å². The number of aryl methyl sites for hydroxylation is 2. The fourth-order valence-corrected chi connectivity index (χ4v) is 4.21. The van der Waals surface area contributed by atoms with Crippen LogP contribution in [0.15, 0.2) is 11.0 Å². The summed E-state index contributed by atoms with van der Waals surface area (Å²) >= 11 is 1.71. The summed E-state index contributed by atoms with van der Waals surface area (Å²) < 4.78 is 2.26. The maximum atomic E-state index is 6.03. The van der Waals surface area contributed by atoms with Crippen molar-refractivity contribution >= 4 is 22.4 Å². The molecule has 0 amide bonds. The van der Waals surface area contributed by atoms with Crippen molar-refractivity contribution in [1.82, 2.24) is 9.38 Å². The van der Waals surface area contributed by atoms with Crippen LogP contribution >= 0.6 is 11.3 Å². The first-order chi connectivity index (χ1) is 9.70. The molecule has 4 heteroatoms. The Morgan fingerprint density at radius 1 is 1.40 bits per heavy atom. The van der Waals surface area contributed by atoms with Gasteiger partial charge in [-0.15, -0.1) is 11.3 Å². The van der Waals surface area contributed by atoms with E-state index in [1.54, 1.807) is 11.3 Å². The van der Waals surface area contributed by atoms with Crippen LogP contribution in [0.1, 0.15) is 49.2 Å². The van der Waals surface area contributed by atoms with Gasteiger partial charge in [-0.2, -0.15) is 0 Å². The number of aromatic nitrogens is 2. The molecule has 1 aliphatic rings. The van der Waals surface area contributed by atoms with E-state index in [1.807, 2.05) is 0 Å². The lowest BCUT2D eigenvalue weighted by atomic mass is 9.83. The predicted molar refractivity (Wildman–Crippen MR) is 86.1 cm³/mol. The number of nitrogens with zero attached hydrogens (tertiary/aromatic N) is 2. The molecule has 1 aliphatic carbocycles. The molecular formula is C16H23N3S. The van der Waals surface area contributed by atoms with Crippen LogP contribution in [-0.2, 0) is 0 Å². The minimum atomic E-state index is 0.667. The van der Waals surface area contributed by atoms with Crippen LogP contribution in [0.2, 0.25) is 0 Å². The molecule has 2 aromatic heterocycles. The summed E-state index contributed by atoms with van der Waals surface area (Å²) in [6, 6.07) is 0. The molecule has 20 heavy (non-hydrogen) atoms. The van der Waals surface area contributed by atoms with Crippen LogP contribution in [0.5, 0.6) is 0 Å². The first kappa shape index (κ1) is 13.8. The number of thiazole rings is 1. The highest BCUT2D eigenvalue weighted by Crippen LogP contribution is 2.31. The predicted octanol–water partition coefficient (Wildman–Crippen LogP) is 3.94. The first-order valence-corrected chi connectivity index (χ1v) is 8.42. The third-order valence-corrected chi connectivity index (χ3v) is 5.38. The van der Waals surface area contributed by atoms with Gasteiger partial charge in [0.25, 0.3) is 0 Å². The normalized spacial score (nSPS) is 18.1. The van der Waals surface area contributed by atoms with Crippen LogP contribution in [0.25, 0.3) is 11.0 Å². The number of hydrogen-bond donors (Lipinski definition) is 1. The zero-order valence-corrected chi connectivity index (χ0v) is 13.2. The van der Waals surface area contributed by atoms with Gasteiger partial charge >= 0.3 is 0 Å². The number of fused-ring (bicyclic) bond motifs is 1. The van der Waals surface area contributed by atoms with E-state index < -0.39 is 0 Å². The van der Waals surface area contributed by atoms with Gasteiger partial charge in [-0.05, 0) is 38.7 Å². The molecule has 2 heterocycles. The minimum absolute atomic E-state index is 0.667. The minimum Gasteiger partial charge on any atom is -0.327 e. The average molecular weight is 289 g/mol. The molecule has 0 atom stereocenters. The Balaban J connectivity index is 2.02. The fourth-order valence-electron chi connectivity index (χ4n) is 3.29. The van der Waals surface area contributed by atoms with Gasteiger partial charge in [0.15, 0.2) is 4.96 Å². The second-order valence-corrected chi connectivity index (χ2v) is 6.67. The molecule has 3 nitrogen and oxygen atoms in total. The molecule has 1 fully saturated rings. The van der Waals surface area contributed by atoms with E-state index in [9.17, 15) is 0 Å². The summed E-state index contributed by atoms with van der Waals surface area (Å²) in [6.07, 6.45) is 8.98. The van der Waals surface area contributed by atoms with E-state index in [0.29, 0.717) is 12.5 Å². The molecule has 0 aliphatic heterocycles. The van der Waals surface area contributed by atoms with Gasteiger partial charge in [0, 0.05) is 17.6 Å². The Hall–Kier alpha value is -1.13. The van der Waals surface area contributed by atoms with E-state index in [2.05, 4.69) is 34.7 Å². The third-order valence-electron chi connectivity index (χ3n) is 4.44. The van der Waals surface area contributed by atoms with Crippen LogP contribution in [-0.4, -0.2) is 15.9 Å². The summed E-state index contributed by atoms with van der Waals surface area (Å²) in [5.41, 5.74) is 11.0. The summed E-state index contributed by atoms with van der Waals surface area (Å²) in [5.74, 6) is 0.678. The van der Waals surface area contributed by atoms with Crippen molar-refractivity contribution in [2.24, 2.45) is 11.7 Å². The molecule has 0 aromatic carbocycles. The van der Waals surface area contributed by atoms with Crippen LogP contribution in [0.4, 0.5) is 0 Å². The van der Waals surface area contributed by atoms with Crippen molar-refractivity contribution in [1.29, 1.82) is 0 Å².